The fourth-order valence-corrected chi connectivity index (χ4v) is 2.08. The number of hydrogen-bond acceptors (Lipinski definition) is 3. The van der Waals surface area contributed by atoms with Crippen LogP contribution in [0.1, 0.15) is 0 Å². The maximum Gasteiger partial charge on any atom is 0.237 e. The lowest BCUT2D eigenvalue weighted by Gasteiger charge is -2.06. The number of halogens is 1. The monoisotopic (exact) mass is 288 g/mol. The Hall–Kier alpha value is -2.80. The summed E-state index contributed by atoms with van der Waals surface area (Å²) in [5, 5.41) is 0. The van der Waals surface area contributed by atoms with Crippen molar-refractivity contribution in [2.75, 3.05) is 0 Å². The Kier molecular flexibility index (Phi) is 3.95. The lowest BCUT2D eigenvalue weighted by atomic mass is 10.2. The third-order valence-corrected chi connectivity index (χ3v) is 2.92. The van der Waals surface area contributed by atoms with E-state index in [2.05, 4.69) is 9.97 Å². The molecule has 0 unspecified atom stereocenters. The van der Waals surface area contributed by atoms with Gasteiger partial charge in [-0.1, -0.05) is 0 Å². The van der Waals surface area contributed by atoms with Crippen molar-refractivity contribution >= 4 is 17.1 Å². The summed E-state index contributed by atoms with van der Waals surface area (Å²) in [6.07, 6.45) is 1.62. The maximum absolute atomic E-state index is 13.0. The number of hydrogen-bond donors (Lipinski definition) is 1. The number of carbonyl (C=O) groups is 1. The maximum atomic E-state index is 13.0. The summed E-state index contributed by atoms with van der Waals surface area (Å²) >= 11 is 0. The number of imidazole rings is 1. The normalized spacial score (nSPS) is 10.3. The zero-order valence-corrected chi connectivity index (χ0v) is 11.0. The smallest absolute Gasteiger partial charge is 0.237 e. The minimum atomic E-state index is -0.488. The molecule has 3 rings (SSSR count). The molecule has 2 aromatic heterocycles. The van der Waals surface area contributed by atoms with Crippen LogP contribution in [0, 0.1) is 5.82 Å². The van der Waals surface area contributed by atoms with Gasteiger partial charge in [-0.3, -0.25) is 9.36 Å². The summed E-state index contributed by atoms with van der Waals surface area (Å²) in [4.78, 5) is 19.9. The zero-order valence-electron chi connectivity index (χ0n) is 11.0. The molecule has 0 spiro atoms. The number of amides is 1. The molecule has 3 aromatic rings. The van der Waals surface area contributed by atoms with Gasteiger partial charge in [-0.05, 0) is 36.4 Å². The van der Waals surface area contributed by atoms with Gasteiger partial charge in [0, 0.05) is 11.8 Å². The lowest BCUT2D eigenvalue weighted by molar-refractivity contribution is -0.118. The standard InChI is InChI=1S/C14H11FN4O.H2O/c15-10-5-3-9(4-6-10)13-18-11-2-1-7-17-14(11)19(13)8-12(16)20;/h1-7H,8H2,(H2,16,20);1H2. The first-order chi connectivity index (χ1) is 9.65. The Balaban J connectivity index is 0.00000161. The molecule has 0 bridgehead atoms. The first-order valence-corrected chi connectivity index (χ1v) is 6.00. The number of pyridine rings is 1. The molecule has 0 atom stereocenters. The van der Waals surface area contributed by atoms with E-state index in [0.717, 1.165) is 0 Å². The SMILES string of the molecule is NC(=O)Cn1c(-c2ccc(F)cc2)nc2cccnc21.O. The first-order valence-electron chi connectivity index (χ1n) is 6.00. The Morgan fingerprint density at radius 2 is 1.95 bits per heavy atom. The molecular formula is C14H13FN4O2. The molecule has 0 saturated heterocycles. The number of nitrogens with zero attached hydrogens (tertiary/aromatic N) is 3. The lowest BCUT2D eigenvalue weighted by Crippen LogP contribution is -2.19. The summed E-state index contributed by atoms with van der Waals surface area (Å²) in [5.74, 6) is -0.278. The van der Waals surface area contributed by atoms with E-state index in [1.54, 1.807) is 35.0 Å². The van der Waals surface area contributed by atoms with Crippen LogP contribution in [0.15, 0.2) is 42.6 Å². The van der Waals surface area contributed by atoms with Crippen LogP contribution < -0.4 is 5.73 Å². The molecule has 1 amide bonds. The van der Waals surface area contributed by atoms with Crippen molar-refractivity contribution in [3.8, 4) is 11.4 Å². The van der Waals surface area contributed by atoms with Gasteiger partial charge in [0.15, 0.2) is 5.65 Å². The average Bonchev–Trinajstić information content (AvgIpc) is 2.78. The summed E-state index contributed by atoms with van der Waals surface area (Å²) < 4.78 is 14.6. The van der Waals surface area contributed by atoms with Crippen LogP contribution in [0.5, 0.6) is 0 Å². The van der Waals surface area contributed by atoms with Gasteiger partial charge < -0.3 is 11.2 Å². The Labute approximate surface area is 119 Å². The quantitative estimate of drug-likeness (QED) is 0.773. The van der Waals surface area contributed by atoms with Gasteiger partial charge in [0.25, 0.3) is 0 Å². The second-order valence-corrected chi connectivity index (χ2v) is 4.34. The summed E-state index contributed by atoms with van der Waals surface area (Å²) in [5.41, 5.74) is 7.21. The summed E-state index contributed by atoms with van der Waals surface area (Å²) in [7, 11) is 0. The topological polar surface area (TPSA) is 105 Å². The van der Waals surface area contributed by atoms with E-state index >= 15 is 0 Å². The van der Waals surface area contributed by atoms with Gasteiger partial charge in [-0.25, -0.2) is 14.4 Å². The Bertz CT molecular complexity index is 783. The number of primary amides is 1. The highest BCUT2D eigenvalue weighted by atomic mass is 19.1. The Morgan fingerprint density at radius 1 is 1.24 bits per heavy atom. The highest BCUT2D eigenvalue weighted by Gasteiger charge is 2.14. The third-order valence-electron chi connectivity index (χ3n) is 2.92. The molecule has 4 N–H and O–H groups in total. The van der Waals surface area contributed by atoms with Crippen molar-refractivity contribution in [2.45, 2.75) is 6.54 Å². The molecule has 6 nitrogen and oxygen atoms in total. The van der Waals surface area contributed by atoms with Crippen molar-refractivity contribution < 1.29 is 14.7 Å². The third kappa shape index (κ3) is 2.72. The summed E-state index contributed by atoms with van der Waals surface area (Å²) in [6.45, 7) is -0.0276. The van der Waals surface area contributed by atoms with E-state index in [9.17, 15) is 9.18 Å². The van der Waals surface area contributed by atoms with Crippen molar-refractivity contribution in [3.63, 3.8) is 0 Å². The molecule has 0 aliphatic carbocycles. The van der Waals surface area contributed by atoms with Gasteiger partial charge in [-0.15, -0.1) is 0 Å². The zero-order chi connectivity index (χ0) is 14.1. The Morgan fingerprint density at radius 3 is 2.62 bits per heavy atom. The van der Waals surface area contributed by atoms with Crippen LogP contribution >= 0.6 is 0 Å². The van der Waals surface area contributed by atoms with Gasteiger partial charge in [0.05, 0.1) is 0 Å². The van der Waals surface area contributed by atoms with E-state index in [1.807, 2.05) is 0 Å². The molecular weight excluding hydrogens is 275 g/mol. The highest BCUT2D eigenvalue weighted by Crippen LogP contribution is 2.23. The highest BCUT2D eigenvalue weighted by molar-refractivity contribution is 5.81. The van der Waals surface area contributed by atoms with E-state index in [4.69, 9.17) is 5.73 Å². The molecule has 108 valence electrons. The predicted octanol–water partition coefficient (Wildman–Crippen LogP) is 0.898. The largest absolute Gasteiger partial charge is 0.412 e. The second-order valence-electron chi connectivity index (χ2n) is 4.34. The molecule has 21 heavy (non-hydrogen) atoms. The van der Waals surface area contributed by atoms with E-state index in [-0.39, 0.29) is 17.8 Å². The van der Waals surface area contributed by atoms with Gasteiger partial charge >= 0.3 is 0 Å². The van der Waals surface area contributed by atoms with Crippen LogP contribution in [-0.4, -0.2) is 25.9 Å². The van der Waals surface area contributed by atoms with Crippen molar-refractivity contribution in [3.05, 3.63) is 48.4 Å². The molecule has 1 aromatic carbocycles. The fraction of sp³-hybridized carbons (Fsp3) is 0.0714. The number of fused-ring (bicyclic) bond motifs is 1. The van der Waals surface area contributed by atoms with Crippen LogP contribution in [-0.2, 0) is 11.3 Å². The molecule has 7 heteroatoms. The van der Waals surface area contributed by atoms with E-state index in [1.165, 1.54) is 12.1 Å². The van der Waals surface area contributed by atoms with Crippen LogP contribution in [0.4, 0.5) is 4.39 Å². The minimum Gasteiger partial charge on any atom is -0.412 e. The second kappa shape index (κ2) is 5.68. The number of aromatic nitrogens is 3. The first kappa shape index (κ1) is 14.6. The van der Waals surface area contributed by atoms with Crippen molar-refractivity contribution in [1.29, 1.82) is 0 Å². The van der Waals surface area contributed by atoms with Crippen LogP contribution in [0.2, 0.25) is 0 Å². The van der Waals surface area contributed by atoms with Crippen molar-refractivity contribution in [1.82, 2.24) is 14.5 Å². The number of benzene rings is 1. The van der Waals surface area contributed by atoms with E-state index < -0.39 is 5.91 Å². The fourth-order valence-electron chi connectivity index (χ4n) is 2.08. The molecule has 0 radical (unpaired) electrons. The van der Waals surface area contributed by atoms with Crippen molar-refractivity contribution in [2.24, 2.45) is 5.73 Å². The molecule has 0 saturated carbocycles. The molecule has 2 heterocycles. The van der Waals surface area contributed by atoms with Gasteiger partial charge in [-0.2, -0.15) is 0 Å². The van der Waals surface area contributed by atoms with Crippen LogP contribution in [0.3, 0.4) is 0 Å². The van der Waals surface area contributed by atoms with E-state index in [0.29, 0.717) is 22.6 Å². The minimum absolute atomic E-state index is 0. The average molecular weight is 288 g/mol. The molecule has 0 aliphatic rings. The van der Waals surface area contributed by atoms with Gasteiger partial charge in [0.2, 0.25) is 5.91 Å². The van der Waals surface area contributed by atoms with Gasteiger partial charge in [0.1, 0.15) is 23.7 Å². The predicted molar refractivity (Wildman–Crippen MR) is 75.7 cm³/mol. The number of rotatable bonds is 3. The van der Waals surface area contributed by atoms with Crippen LogP contribution in [0.25, 0.3) is 22.6 Å². The number of nitrogens with two attached hydrogens (primary N) is 1. The summed E-state index contributed by atoms with van der Waals surface area (Å²) in [6, 6.07) is 9.46. The molecule has 0 fully saturated rings. The molecule has 0 aliphatic heterocycles. The number of carbonyl (C=O) groups excluding carboxylic acids is 1.